The molecule has 0 atom stereocenters. The molecular formula is C17H27FN2O. The average Bonchev–Trinajstić information content (AvgIpc) is 2.48. The summed E-state index contributed by atoms with van der Waals surface area (Å²) in [5, 5.41) is 0. The zero-order valence-corrected chi connectivity index (χ0v) is 13.2. The van der Waals surface area contributed by atoms with E-state index in [2.05, 4.69) is 13.8 Å². The molecule has 4 heteroatoms. The van der Waals surface area contributed by atoms with E-state index in [1.807, 2.05) is 4.90 Å². The summed E-state index contributed by atoms with van der Waals surface area (Å²) in [5.41, 5.74) is 5.95. The van der Waals surface area contributed by atoms with Gasteiger partial charge in [-0.3, -0.25) is 4.79 Å². The van der Waals surface area contributed by atoms with Crippen LogP contribution in [0.3, 0.4) is 0 Å². The number of hydrogen-bond acceptors (Lipinski definition) is 2. The highest BCUT2D eigenvalue weighted by molar-refractivity contribution is 5.99. The third kappa shape index (κ3) is 5.37. The van der Waals surface area contributed by atoms with Crippen LogP contribution < -0.4 is 5.73 Å². The summed E-state index contributed by atoms with van der Waals surface area (Å²) in [6.07, 6.45) is 6.36. The molecule has 0 spiro atoms. The summed E-state index contributed by atoms with van der Waals surface area (Å²) in [6.45, 7) is 5.69. The fraction of sp³-hybridized carbons (Fsp3) is 0.588. The molecule has 0 aromatic heterocycles. The number of anilines is 1. The first kappa shape index (κ1) is 17.5. The van der Waals surface area contributed by atoms with E-state index in [-0.39, 0.29) is 17.2 Å². The molecule has 0 saturated heterocycles. The Kier molecular flexibility index (Phi) is 7.80. The number of rotatable bonds is 9. The number of halogens is 1. The number of nitrogen functional groups attached to an aromatic ring is 1. The SMILES string of the molecule is CCCCCN(CCCCC)C(=O)c1cccc(F)c1N. The number of nitrogens with two attached hydrogens (primary N) is 1. The highest BCUT2D eigenvalue weighted by Crippen LogP contribution is 2.18. The first-order valence-corrected chi connectivity index (χ1v) is 7.95. The lowest BCUT2D eigenvalue weighted by Gasteiger charge is -2.23. The molecule has 118 valence electrons. The largest absolute Gasteiger partial charge is 0.396 e. The van der Waals surface area contributed by atoms with Gasteiger partial charge < -0.3 is 10.6 Å². The van der Waals surface area contributed by atoms with E-state index in [1.54, 1.807) is 6.07 Å². The van der Waals surface area contributed by atoms with E-state index in [9.17, 15) is 9.18 Å². The third-order valence-corrected chi connectivity index (χ3v) is 3.63. The molecular weight excluding hydrogens is 267 g/mol. The lowest BCUT2D eigenvalue weighted by molar-refractivity contribution is 0.0750. The van der Waals surface area contributed by atoms with Crippen molar-refractivity contribution in [3.63, 3.8) is 0 Å². The Labute approximate surface area is 127 Å². The van der Waals surface area contributed by atoms with Crippen LogP contribution in [0.2, 0.25) is 0 Å². The second kappa shape index (κ2) is 9.37. The molecule has 2 N–H and O–H groups in total. The van der Waals surface area contributed by atoms with E-state index >= 15 is 0 Å². The van der Waals surface area contributed by atoms with Crippen LogP contribution in [0.5, 0.6) is 0 Å². The summed E-state index contributed by atoms with van der Waals surface area (Å²) < 4.78 is 13.5. The lowest BCUT2D eigenvalue weighted by atomic mass is 10.1. The number of hydrogen-bond donors (Lipinski definition) is 1. The summed E-state index contributed by atoms with van der Waals surface area (Å²) >= 11 is 0. The van der Waals surface area contributed by atoms with Gasteiger partial charge in [-0.1, -0.05) is 45.6 Å². The quantitative estimate of drug-likeness (QED) is 0.547. The molecule has 0 bridgehead atoms. The molecule has 21 heavy (non-hydrogen) atoms. The van der Waals surface area contributed by atoms with Gasteiger partial charge in [-0.2, -0.15) is 0 Å². The van der Waals surface area contributed by atoms with Crippen molar-refractivity contribution < 1.29 is 9.18 Å². The molecule has 0 saturated carbocycles. The highest BCUT2D eigenvalue weighted by atomic mass is 19.1. The molecule has 0 heterocycles. The fourth-order valence-corrected chi connectivity index (χ4v) is 2.31. The minimum Gasteiger partial charge on any atom is -0.396 e. The van der Waals surface area contributed by atoms with Crippen LogP contribution in [0, 0.1) is 5.82 Å². The number of benzene rings is 1. The van der Waals surface area contributed by atoms with Crippen molar-refractivity contribution in [3.05, 3.63) is 29.6 Å². The molecule has 1 amide bonds. The maximum Gasteiger partial charge on any atom is 0.256 e. The second-order valence-corrected chi connectivity index (χ2v) is 5.41. The van der Waals surface area contributed by atoms with Crippen LogP contribution in [0.1, 0.15) is 62.7 Å². The van der Waals surface area contributed by atoms with Gasteiger partial charge in [0, 0.05) is 13.1 Å². The summed E-state index contributed by atoms with van der Waals surface area (Å²) in [4.78, 5) is 14.4. The number of carbonyl (C=O) groups excluding carboxylic acids is 1. The van der Waals surface area contributed by atoms with E-state index < -0.39 is 5.82 Å². The maximum absolute atomic E-state index is 13.5. The van der Waals surface area contributed by atoms with Crippen molar-refractivity contribution in [1.29, 1.82) is 0 Å². The lowest BCUT2D eigenvalue weighted by Crippen LogP contribution is -2.33. The van der Waals surface area contributed by atoms with Gasteiger partial charge >= 0.3 is 0 Å². The third-order valence-electron chi connectivity index (χ3n) is 3.63. The van der Waals surface area contributed by atoms with Gasteiger partial charge in [0.1, 0.15) is 5.82 Å². The molecule has 0 aliphatic heterocycles. The van der Waals surface area contributed by atoms with Crippen LogP contribution in [-0.2, 0) is 0 Å². The first-order chi connectivity index (χ1) is 10.1. The first-order valence-electron chi connectivity index (χ1n) is 7.95. The van der Waals surface area contributed by atoms with Gasteiger partial charge in [-0.25, -0.2) is 4.39 Å². The van der Waals surface area contributed by atoms with Crippen molar-refractivity contribution in [3.8, 4) is 0 Å². The monoisotopic (exact) mass is 294 g/mol. The molecule has 3 nitrogen and oxygen atoms in total. The van der Waals surface area contributed by atoms with Gasteiger partial charge in [-0.15, -0.1) is 0 Å². The minimum atomic E-state index is -0.525. The Morgan fingerprint density at radius 1 is 1.10 bits per heavy atom. The molecule has 0 aliphatic rings. The van der Waals surface area contributed by atoms with Gasteiger partial charge in [0.05, 0.1) is 11.3 Å². The number of carbonyl (C=O) groups is 1. The second-order valence-electron chi connectivity index (χ2n) is 5.41. The summed E-state index contributed by atoms with van der Waals surface area (Å²) in [6, 6.07) is 4.42. The van der Waals surface area contributed by atoms with Crippen LogP contribution in [0.25, 0.3) is 0 Å². The molecule has 0 radical (unpaired) electrons. The Morgan fingerprint density at radius 2 is 1.67 bits per heavy atom. The van der Waals surface area contributed by atoms with Gasteiger partial charge in [0.25, 0.3) is 5.91 Å². The van der Waals surface area contributed by atoms with Gasteiger partial charge in [0.15, 0.2) is 0 Å². The fourth-order valence-electron chi connectivity index (χ4n) is 2.31. The summed E-state index contributed by atoms with van der Waals surface area (Å²) in [7, 11) is 0. The minimum absolute atomic E-state index is 0.0431. The van der Waals surface area contributed by atoms with Crippen molar-refractivity contribution >= 4 is 11.6 Å². The molecule has 1 aromatic carbocycles. The number of para-hydroxylation sites is 1. The van der Waals surface area contributed by atoms with Crippen LogP contribution in [0.15, 0.2) is 18.2 Å². The number of amides is 1. The van der Waals surface area contributed by atoms with Crippen LogP contribution in [0.4, 0.5) is 10.1 Å². The predicted molar refractivity (Wildman–Crippen MR) is 85.8 cm³/mol. The Balaban J connectivity index is 2.79. The van der Waals surface area contributed by atoms with E-state index in [4.69, 9.17) is 5.73 Å². The van der Waals surface area contributed by atoms with E-state index in [0.717, 1.165) is 38.5 Å². The smallest absolute Gasteiger partial charge is 0.256 e. The number of nitrogens with zero attached hydrogens (tertiary/aromatic N) is 1. The molecule has 0 fully saturated rings. The summed E-state index contributed by atoms with van der Waals surface area (Å²) in [5.74, 6) is -0.679. The van der Waals surface area contributed by atoms with Gasteiger partial charge in [-0.05, 0) is 25.0 Å². The normalized spacial score (nSPS) is 10.6. The predicted octanol–water partition coefficient (Wildman–Crippen LogP) is 4.23. The topological polar surface area (TPSA) is 46.3 Å². The van der Waals surface area contributed by atoms with Crippen molar-refractivity contribution in [2.45, 2.75) is 52.4 Å². The maximum atomic E-state index is 13.5. The van der Waals surface area contributed by atoms with E-state index in [1.165, 1.54) is 12.1 Å². The van der Waals surface area contributed by atoms with Crippen LogP contribution >= 0.6 is 0 Å². The zero-order valence-electron chi connectivity index (χ0n) is 13.2. The van der Waals surface area contributed by atoms with Crippen molar-refractivity contribution in [1.82, 2.24) is 4.90 Å². The Hall–Kier alpha value is -1.58. The zero-order chi connectivity index (χ0) is 15.7. The molecule has 0 unspecified atom stereocenters. The number of unbranched alkanes of at least 4 members (excludes halogenated alkanes) is 4. The Bertz CT molecular complexity index is 438. The molecule has 1 rings (SSSR count). The van der Waals surface area contributed by atoms with Crippen molar-refractivity contribution in [2.24, 2.45) is 0 Å². The van der Waals surface area contributed by atoms with Crippen molar-refractivity contribution in [2.75, 3.05) is 18.8 Å². The molecule has 0 aliphatic carbocycles. The van der Waals surface area contributed by atoms with E-state index in [0.29, 0.717) is 13.1 Å². The highest BCUT2D eigenvalue weighted by Gasteiger charge is 2.19. The van der Waals surface area contributed by atoms with Crippen LogP contribution in [-0.4, -0.2) is 23.9 Å². The molecule has 1 aromatic rings. The standard InChI is InChI=1S/C17H27FN2O/c1-3-5-7-12-20(13-8-6-4-2)17(21)14-10-9-11-15(18)16(14)19/h9-11H,3-8,12-13,19H2,1-2H3. The van der Waals surface area contributed by atoms with Gasteiger partial charge in [0.2, 0.25) is 0 Å². The average molecular weight is 294 g/mol. The Morgan fingerprint density at radius 3 is 2.19 bits per heavy atom.